The molecule has 3 heterocycles. The van der Waals surface area contributed by atoms with E-state index in [2.05, 4.69) is 26.3 Å². The molecule has 1 amide bonds. The van der Waals surface area contributed by atoms with Gasteiger partial charge in [-0.2, -0.15) is 10.4 Å². The molecule has 7 rings (SSSR count). The fourth-order valence-electron chi connectivity index (χ4n) is 6.13. The first-order valence-electron chi connectivity index (χ1n) is 14.5. The van der Waals surface area contributed by atoms with Crippen molar-refractivity contribution in [3.8, 4) is 17.2 Å². The molecule has 9 heteroatoms. The van der Waals surface area contributed by atoms with E-state index < -0.39 is 0 Å². The highest BCUT2D eigenvalue weighted by molar-refractivity contribution is 7.15. The number of anilines is 1. The molecule has 8 nitrogen and oxygen atoms in total. The van der Waals surface area contributed by atoms with Crippen molar-refractivity contribution >= 4 is 22.4 Å². The van der Waals surface area contributed by atoms with Gasteiger partial charge in [0.15, 0.2) is 5.13 Å². The van der Waals surface area contributed by atoms with E-state index in [1.807, 2.05) is 65.6 Å². The molecule has 1 atom stereocenters. The lowest BCUT2D eigenvalue weighted by Crippen LogP contribution is -2.52. The third-order valence-corrected chi connectivity index (χ3v) is 9.61. The summed E-state index contributed by atoms with van der Waals surface area (Å²) in [5.41, 5.74) is 5.40. The fourth-order valence-corrected chi connectivity index (χ4v) is 7.21. The predicted molar refractivity (Wildman–Crippen MR) is 160 cm³/mol. The monoisotopic (exact) mass is 563 g/mol. The molecule has 2 fully saturated rings. The van der Waals surface area contributed by atoms with Gasteiger partial charge in [0, 0.05) is 60.5 Å². The van der Waals surface area contributed by atoms with Crippen LogP contribution in [-0.2, 0) is 19.4 Å². The highest BCUT2D eigenvalue weighted by Gasteiger charge is 2.34. The molecule has 0 spiro atoms. The average molecular weight is 564 g/mol. The number of thiazole rings is 1. The predicted octanol–water partition coefficient (Wildman–Crippen LogP) is 4.82. The van der Waals surface area contributed by atoms with Crippen LogP contribution < -0.4 is 5.32 Å². The molecule has 2 aromatic heterocycles. The first kappa shape index (κ1) is 26.1. The number of nitrogens with zero attached hydrogens (tertiary/aromatic N) is 6. The Kier molecular flexibility index (Phi) is 7.13. The minimum atomic E-state index is -0.135. The lowest BCUT2D eigenvalue weighted by molar-refractivity contribution is 0.0856. The molecule has 41 heavy (non-hydrogen) atoms. The van der Waals surface area contributed by atoms with Gasteiger partial charge in [-0.15, -0.1) is 11.3 Å². The van der Waals surface area contributed by atoms with Crippen LogP contribution >= 0.6 is 11.3 Å². The standard InChI is InChI=1S/C32H33N7OS/c33-18-22-4-6-24(7-5-22)26-19-34-39(21-26)20-23-2-1-3-25(16-23)31(40)36-32-35-29-11-10-28(17-30(29)41-32)38-14-12-37(13-15-38)27-8-9-27/h1-7,16,19,21,27-28H,8-15,17,20H2,(H,35,36,40). The van der Waals surface area contributed by atoms with Gasteiger partial charge in [0.25, 0.3) is 5.91 Å². The number of carbonyl (C=O) groups is 1. The Labute approximate surface area is 244 Å². The van der Waals surface area contributed by atoms with Gasteiger partial charge in [-0.3, -0.25) is 24.6 Å². The van der Waals surface area contributed by atoms with Crippen LogP contribution in [-0.4, -0.2) is 68.7 Å². The number of carbonyl (C=O) groups excluding carboxylic acids is 1. The Morgan fingerprint density at radius 1 is 1.00 bits per heavy atom. The van der Waals surface area contributed by atoms with Crippen molar-refractivity contribution in [2.24, 2.45) is 0 Å². The molecule has 2 aromatic carbocycles. The third kappa shape index (κ3) is 5.82. The third-order valence-electron chi connectivity index (χ3n) is 8.58. The zero-order valence-electron chi connectivity index (χ0n) is 23.0. The molecule has 0 bridgehead atoms. The second-order valence-electron chi connectivity index (χ2n) is 11.4. The van der Waals surface area contributed by atoms with E-state index in [9.17, 15) is 4.79 Å². The maximum atomic E-state index is 13.2. The quantitative estimate of drug-likeness (QED) is 0.347. The molecule has 1 saturated carbocycles. The summed E-state index contributed by atoms with van der Waals surface area (Å²) in [6.45, 7) is 5.31. The minimum absolute atomic E-state index is 0.135. The Morgan fingerprint density at radius 3 is 2.54 bits per heavy atom. The van der Waals surface area contributed by atoms with Gasteiger partial charge in [0.05, 0.1) is 30.1 Å². The molecule has 1 N–H and O–H groups in total. The van der Waals surface area contributed by atoms with Crippen LogP contribution in [0.1, 0.15) is 51.3 Å². The molecule has 1 unspecified atom stereocenters. The zero-order chi connectivity index (χ0) is 27.8. The first-order valence-corrected chi connectivity index (χ1v) is 15.3. The van der Waals surface area contributed by atoms with E-state index >= 15 is 0 Å². The average Bonchev–Trinajstić information content (AvgIpc) is 3.63. The van der Waals surface area contributed by atoms with Crippen LogP contribution in [0.2, 0.25) is 0 Å². The molecular formula is C32H33N7OS. The number of nitriles is 1. The number of hydrogen-bond acceptors (Lipinski definition) is 7. The topological polar surface area (TPSA) is 90.1 Å². The second-order valence-corrected chi connectivity index (χ2v) is 12.4. The number of nitrogens with one attached hydrogen (secondary N) is 1. The summed E-state index contributed by atoms with van der Waals surface area (Å²) in [7, 11) is 0. The van der Waals surface area contributed by atoms with Crippen LogP contribution in [0, 0.1) is 11.3 Å². The Bertz CT molecular complexity index is 1590. The SMILES string of the molecule is N#Cc1ccc(-c2cnn(Cc3cccc(C(=O)Nc4nc5c(s4)CC(N4CCN(C6CC6)CC4)CC5)c3)c2)cc1. The largest absolute Gasteiger partial charge is 0.298 e. The Hall–Kier alpha value is -3.84. The molecule has 3 aliphatic rings. The number of piperazine rings is 1. The highest BCUT2D eigenvalue weighted by Crippen LogP contribution is 2.33. The van der Waals surface area contributed by atoms with E-state index in [4.69, 9.17) is 10.2 Å². The number of aryl methyl sites for hydroxylation is 1. The Morgan fingerprint density at radius 2 is 1.78 bits per heavy atom. The van der Waals surface area contributed by atoms with Crippen molar-refractivity contribution in [2.45, 2.75) is 50.7 Å². The van der Waals surface area contributed by atoms with Gasteiger partial charge < -0.3 is 0 Å². The van der Waals surface area contributed by atoms with Crippen molar-refractivity contribution in [1.29, 1.82) is 5.26 Å². The summed E-state index contributed by atoms with van der Waals surface area (Å²) < 4.78 is 1.86. The minimum Gasteiger partial charge on any atom is -0.298 e. The van der Waals surface area contributed by atoms with Gasteiger partial charge in [-0.05, 0) is 67.5 Å². The van der Waals surface area contributed by atoms with Crippen molar-refractivity contribution in [3.05, 3.63) is 88.2 Å². The maximum absolute atomic E-state index is 13.2. The summed E-state index contributed by atoms with van der Waals surface area (Å²) >= 11 is 1.64. The summed E-state index contributed by atoms with van der Waals surface area (Å²) in [4.78, 5) is 24.6. The van der Waals surface area contributed by atoms with Gasteiger partial charge in [-0.25, -0.2) is 4.98 Å². The molecule has 0 radical (unpaired) electrons. The maximum Gasteiger partial charge on any atom is 0.257 e. The number of hydrogen-bond donors (Lipinski definition) is 1. The smallest absolute Gasteiger partial charge is 0.257 e. The highest BCUT2D eigenvalue weighted by atomic mass is 32.1. The van der Waals surface area contributed by atoms with Crippen LogP contribution in [0.25, 0.3) is 11.1 Å². The molecule has 1 saturated heterocycles. The lowest BCUT2D eigenvalue weighted by atomic mass is 9.95. The van der Waals surface area contributed by atoms with Crippen molar-refractivity contribution in [2.75, 3.05) is 31.5 Å². The zero-order valence-corrected chi connectivity index (χ0v) is 23.8. The van der Waals surface area contributed by atoms with Crippen molar-refractivity contribution in [1.82, 2.24) is 24.6 Å². The molecule has 2 aliphatic carbocycles. The number of aromatic nitrogens is 3. The molecule has 1 aliphatic heterocycles. The van der Waals surface area contributed by atoms with Crippen LogP contribution in [0.15, 0.2) is 60.9 Å². The lowest BCUT2D eigenvalue weighted by Gasteiger charge is -2.40. The number of rotatable bonds is 7. The van der Waals surface area contributed by atoms with Gasteiger partial charge in [0.2, 0.25) is 0 Å². The summed E-state index contributed by atoms with van der Waals surface area (Å²) in [5.74, 6) is -0.135. The van der Waals surface area contributed by atoms with Gasteiger partial charge in [-0.1, -0.05) is 24.3 Å². The van der Waals surface area contributed by atoms with E-state index in [1.165, 1.54) is 43.9 Å². The van der Waals surface area contributed by atoms with Crippen LogP contribution in [0.4, 0.5) is 5.13 Å². The van der Waals surface area contributed by atoms with Crippen LogP contribution in [0.5, 0.6) is 0 Å². The van der Waals surface area contributed by atoms with E-state index in [1.54, 1.807) is 11.3 Å². The number of benzene rings is 2. The van der Waals surface area contributed by atoms with Crippen molar-refractivity contribution < 1.29 is 4.79 Å². The molecule has 208 valence electrons. The summed E-state index contributed by atoms with van der Waals surface area (Å²) in [6.07, 6.45) is 9.75. The molecular weight excluding hydrogens is 530 g/mol. The summed E-state index contributed by atoms with van der Waals surface area (Å²) in [5, 5.41) is 17.3. The van der Waals surface area contributed by atoms with E-state index in [0.29, 0.717) is 28.8 Å². The van der Waals surface area contributed by atoms with Crippen molar-refractivity contribution in [3.63, 3.8) is 0 Å². The number of fused-ring (bicyclic) bond motifs is 1. The Balaban J connectivity index is 0.966. The number of amides is 1. The second kappa shape index (κ2) is 11.2. The normalized spacial score (nSPS) is 19.4. The van der Waals surface area contributed by atoms with Crippen LogP contribution in [0.3, 0.4) is 0 Å². The first-order chi connectivity index (χ1) is 20.1. The fraction of sp³-hybridized carbons (Fsp3) is 0.375. The van der Waals surface area contributed by atoms with Gasteiger partial charge in [0.1, 0.15) is 0 Å². The summed E-state index contributed by atoms with van der Waals surface area (Å²) in [6, 6.07) is 18.7. The molecule has 4 aromatic rings. The van der Waals surface area contributed by atoms with Gasteiger partial charge >= 0.3 is 0 Å². The van der Waals surface area contributed by atoms with E-state index in [0.717, 1.165) is 47.7 Å². The van der Waals surface area contributed by atoms with E-state index in [-0.39, 0.29) is 5.91 Å².